The monoisotopic (exact) mass is 317 g/mol. The van der Waals surface area contributed by atoms with Gasteiger partial charge in [-0.3, -0.25) is 0 Å². The number of nitrogen functional groups attached to an aromatic ring is 1. The maximum atomic E-state index is 13.9. The summed E-state index contributed by atoms with van der Waals surface area (Å²) in [6.07, 6.45) is 1.56. The fourth-order valence-electron chi connectivity index (χ4n) is 2.48. The van der Waals surface area contributed by atoms with Gasteiger partial charge in [0.1, 0.15) is 23.8 Å². The van der Waals surface area contributed by atoms with E-state index in [-0.39, 0.29) is 12.0 Å². The van der Waals surface area contributed by atoms with Crippen molar-refractivity contribution in [3.8, 4) is 0 Å². The standard InChI is InChI=1S/C16H17F2N5/c1-16(2,3)23-15-13(14(19)20-8-21-15)12(22-23)6-9-4-5-10(17)7-11(9)18/h4-5,7-8H,6H2,1-3H3,(H2,19,20,21). The summed E-state index contributed by atoms with van der Waals surface area (Å²) >= 11 is 0. The number of nitrogens with zero attached hydrogens (tertiary/aromatic N) is 4. The Labute approximate surface area is 132 Å². The molecule has 0 atom stereocenters. The summed E-state index contributed by atoms with van der Waals surface area (Å²) in [5.74, 6) is -0.930. The van der Waals surface area contributed by atoms with Crippen LogP contribution in [0.5, 0.6) is 0 Å². The normalized spacial score (nSPS) is 12.0. The molecule has 23 heavy (non-hydrogen) atoms. The zero-order valence-electron chi connectivity index (χ0n) is 13.1. The van der Waals surface area contributed by atoms with Crippen LogP contribution in [0.4, 0.5) is 14.6 Å². The van der Waals surface area contributed by atoms with Crippen LogP contribution in [0, 0.1) is 11.6 Å². The molecule has 0 bridgehead atoms. The van der Waals surface area contributed by atoms with E-state index < -0.39 is 11.6 Å². The number of rotatable bonds is 2. The minimum absolute atomic E-state index is 0.184. The maximum Gasteiger partial charge on any atom is 0.164 e. The molecule has 7 heteroatoms. The number of halogens is 2. The number of fused-ring (bicyclic) bond motifs is 1. The Hall–Kier alpha value is -2.57. The Bertz CT molecular complexity index is 880. The van der Waals surface area contributed by atoms with Crippen LogP contribution >= 0.6 is 0 Å². The van der Waals surface area contributed by atoms with E-state index in [1.54, 1.807) is 4.68 Å². The van der Waals surface area contributed by atoms with Gasteiger partial charge in [-0.15, -0.1) is 0 Å². The van der Waals surface area contributed by atoms with Crippen LogP contribution in [-0.4, -0.2) is 19.7 Å². The highest BCUT2D eigenvalue weighted by Crippen LogP contribution is 2.28. The molecule has 3 rings (SSSR count). The molecule has 0 aliphatic heterocycles. The zero-order chi connectivity index (χ0) is 16.8. The summed E-state index contributed by atoms with van der Waals surface area (Å²) in [6.45, 7) is 5.96. The molecule has 0 spiro atoms. The minimum Gasteiger partial charge on any atom is -0.383 e. The largest absolute Gasteiger partial charge is 0.383 e. The molecule has 3 aromatic rings. The van der Waals surface area contributed by atoms with Gasteiger partial charge in [0.05, 0.1) is 16.6 Å². The molecular weight excluding hydrogens is 300 g/mol. The highest BCUT2D eigenvalue weighted by atomic mass is 19.1. The van der Waals surface area contributed by atoms with Crippen molar-refractivity contribution in [2.24, 2.45) is 0 Å². The van der Waals surface area contributed by atoms with Crippen LogP contribution in [-0.2, 0) is 12.0 Å². The van der Waals surface area contributed by atoms with E-state index in [9.17, 15) is 8.78 Å². The predicted molar refractivity (Wildman–Crippen MR) is 83.9 cm³/mol. The molecule has 2 aromatic heterocycles. The van der Waals surface area contributed by atoms with Gasteiger partial charge in [-0.25, -0.2) is 23.4 Å². The lowest BCUT2D eigenvalue weighted by Crippen LogP contribution is -2.23. The molecule has 5 nitrogen and oxygen atoms in total. The van der Waals surface area contributed by atoms with E-state index in [0.29, 0.717) is 28.1 Å². The van der Waals surface area contributed by atoms with Crippen LogP contribution in [0.3, 0.4) is 0 Å². The molecule has 120 valence electrons. The molecule has 2 heterocycles. The second-order valence-corrected chi connectivity index (χ2v) is 6.40. The molecule has 0 saturated carbocycles. The first-order valence-electron chi connectivity index (χ1n) is 7.20. The number of hydrogen-bond acceptors (Lipinski definition) is 4. The molecule has 0 aliphatic carbocycles. The van der Waals surface area contributed by atoms with Crippen molar-refractivity contribution in [3.63, 3.8) is 0 Å². The topological polar surface area (TPSA) is 69.6 Å². The average Bonchev–Trinajstić information content (AvgIpc) is 2.82. The number of aromatic nitrogens is 4. The van der Waals surface area contributed by atoms with Crippen LogP contribution in [0.25, 0.3) is 11.0 Å². The molecule has 1 aromatic carbocycles. The first-order chi connectivity index (χ1) is 10.8. The lowest BCUT2D eigenvalue weighted by atomic mass is 10.1. The zero-order valence-corrected chi connectivity index (χ0v) is 13.1. The van der Waals surface area contributed by atoms with Crippen LogP contribution in [0.15, 0.2) is 24.5 Å². The van der Waals surface area contributed by atoms with Gasteiger partial charge in [0, 0.05) is 12.5 Å². The first-order valence-corrected chi connectivity index (χ1v) is 7.20. The predicted octanol–water partition coefficient (Wildman–Crippen LogP) is 3.03. The van der Waals surface area contributed by atoms with Crippen LogP contribution in [0.1, 0.15) is 32.0 Å². The van der Waals surface area contributed by atoms with Gasteiger partial charge in [-0.2, -0.15) is 5.10 Å². The van der Waals surface area contributed by atoms with Gasteiger partial charge in [0.2, 0.25) is 0 Å². The Morgan fingerprint density at radius 3 is 2.57 bits per heavy atom. The third-order valence-corrected chi connectivity index (χ3v) is 3.57. The molecule has 0 saturated heterocycles. The first kappa shape index (κ1) is 15.3. The summed E-state index contributed by atoms with van der Waals surface area (Å²) in [7, 11) is 0. The number of nitrogens with two attached hydrogens (primary N) is 1. The second kappa shape index (κ2) is 5.26. The van der Waals surface area contributed by atoms with E-state index in [1.165, 1.54) is 18.5 Å². The van der Waals surface area contributed by atoms with Crippen LogP contribution in [0.2, 0.25) is 0 Å². The van der Waals surface area contributed by atoms with Gasteiger partial charge in [0.15, 0.2) is 5.65 Å². The summed E-state index contributed by atoms with van der Waals surface area (Å²) in [6, 6.07) is 3.49. The second-order valence-electron chi connectivity index (χ2n) is 6.40. The van der Waals surface area contributed by atoms with Crippen molar-refractivity contribution in [3.05, 3.63) is 47.4 Å². The number of anilines is 1. The fraction of sp³-hybridized carbons (Fsp3) is 0.312. The third-order valence-electron chi connectivity index (χ3n) is 3.57. The lowest BCUT2D eigenvalue weighted by molar-refractivity contribution is 0.363. The highest BCUT2D eigenvalue weighted by Gasteiger charge is 2.23. The van der Waals surface area contributed by atoms with Crippen molar-refractivity contribution in [2.75, 3.05) is 5.73 Å². The summed E-state index contributed by atoms with van der Waals surface area (Å²) in [5, 5.41) is 5.16. The molecule has 2 N–H and O–H groups in total. The Morgan fingerprint density at radius 2 is 1.91 bits per heavy atom. The van der Waals surface area contributed by atoms with Gasteiger partial charge < -0.3 is 5.73 Å². The Kier molecular flexibility index (Phi) is 3.50. The fourth-order valence-corrected chi connectivity index (χ4v) is 2.48. The van der Waals surface area contributed by atoms with Gasteiger partial charge in [-0.05, 0) is 32.4 Å². The summed E-state index contributed by atoms with van der Waals surface area (Å²) in [4.78, 5) is 8.26. The van der Waals surface area contributed by atoms with Crippen molar-refractivity contribution < 1.29 is 8.78 Å². The van der Waals surface area contributed by atoms with Gasteiger partial charge in [0.25, 0.3) is 0 Å². The number of benzene rings is 1. The minimum atomic E-state index is -0.612. The molecule has 0 amide bonds. The molecule has 0 aliphatic rings. The van der Waals surface area contributed by atoms with Crippen molar-refractivity contribution in [2.45, 2.75) is 32.7 Å². The molecular formula is C16H17F2N5. The van der Waals surface area contributed by atoms with Gasteiger partial charge >= 0.3 is 0 Å². The summed E-state index contributed by atoms with van der Waals surface area (Å²) < 4.78 is 28.8. The van der Waals surface area contributed by atoms with E-state index in [2.05, 4.69) is 15.1 Å². The maximum absolute atomic E-state index is 13.9. The average molecular weight is 317 g/mol. The Balaban J connectivity index is 2.18. The van der Waals surface area contributed by atoms with E-state index in [0.717, 1.165) is 6.07 Å². The number of hydrogen-bond donors (Lipinski definition) is 1. The third kappa shape index (κ3) is 2.74. The van der Waals surface area contributed by atoms with Crippen molar-refractivity contribution in [1.82, 2.24) is 19.7 Å². The van der Waals surface area contributed by atoms with Crippen molar-refractivity contribution >= 4 is 16.9 Å². The Morgan fingerprint density at radius 1 is 1.17 bits per heavy atom. The van der Waals surface area contributed by atoms with Gasteiger partial charge in [-0.1, -0.05) is 6.07 Å². The quantitative estimate of drug-likeness (QED) is 0.789. The molecule has 0 unspecified atom stereocenters. The SMILES string of the molecule is CC(C)(C)n1nc(Cc2ccc(F)cc2F)c2c(N)ncnc21. The summed E-state index contributed by atoms with van der Waals surface area (Å²) in [5.41, 5.74) is 7.16. The smallest absolute Gasteiger partial charge is 0.164 e. The highest BCUT2D eigenvalue weighted by molar-refractivity contribution is 5.88. The molecule has 0 fully saturated rings. The van der Waals surface area contributed by atoms with E-state index >= 15 is 0 Å². The lowest BCUT2D eigenvalue weighted by Gasteiger charge is -2.19. The van der Waals surface area contributed by atoms with Crippen LogP contribution < -0.4 is 5.73 Å². The molecule has 0 radical (unpaired) electrons. The van der Waals surface area contributed by atoms with E-state index in [1.807, 2.05) is 20.8 Å². The van der Waals surface area contributed by atoms with Crippen molar-refractivity contribution in [1.29, 1.82) is 0 Å². The van der Waals surface area contributed by atoms with E-state index in [4.69, 9.17) is 5.73 Å².